The monoisotopic (exact) mass is 380 g/mol. The van der Waals surface area contributed by atoms with Crippen molar-refractivity contribution < 1.29 is 18.7 Å². The SMILES string of the molecule is C[C@H](OC(=O)c1cc(F)c(Cl)cc1Cl)C(=O)Nc1ccccc1C#N. The molecule has 0 bridgehead atoms. The Bertz CT molecular complexity index is 881. The maximum Gasteiger partial charge on any atom is 0.340 e. The molecule has 0 spiro atoms. The van der Waals surface area contributed by atoms with Gasteiger partial charge in [0.2, 0.25) is 0 Å². The number of amides is 1. The molecule has 2 aromatic rings. The minimum absolute atomic E-state index is 0.0983. The quantitative estimate of drug-likeness (QED) is 0.636. The predicted octanol–water partition coefficient (Wildman–Crippen LogP) is 4.19. The molecule has 0 aromatic heterocycles. The lowest BCUT2D eigenvalue weighted by Gasteiger charge is -2.14. The highest BCUT2D eigenvalue weighted by Crippen LogP contribution is 2.25. The normalized spacial score (nSPS) is 11.3. The molecule has 0 aliphatic heterocycles. The second kappa shape index (κ2) is 7.97. The number of nitrogens with one attached hydrogen (secondary N) is 1. The first-order valence-electron chi connectivity index (χ1n) is 6.99. The molecule has 128 valence electrons. The summed E-state index contributed by atoms with van der Waals surface area (Å²) >= 11 is 11.4. The van der Waals surface area contributed by atoms with E-state index in [4.69, 9.17) is 33.2 Å². The predicted molar refractivity (Wildman–Crippen MR) is 91.1 cm³/mol. The van der Waals surface area contributed by atoms with E-state index in [1.165, 1.54) is 19.1 Å². The van der Waals surface area contributed by atoms with E-state index in [0.717, 1.165) is 12.1 Å². The van der Waals surface area contributed by atoms with Crippen molar-refractivity contribution in [2.24, 2.45) is 0 Å². The molecular weight excluding hydrogens is 370 g/mol. The zero-order valence-electron chi connectivity index (χ0n) is 12.8. The third-order valence-electron chi connectivity index (χ3n) is 3.19. The molecule has 2 rings (SSSR count). The van der Waals surface area contributed by atoms with Crippen molar-refractivity contribution >= 4 is 40.8 Å². The number of carbonyl (C=O) groups excluding carboxylic acids is 2. The number of carbonyl (C=O) groups is 2. The number of benzene rings is 2. The summed E-state index contributed by atoms with van der Waals surface area (Å²) in [7, 11) is 0. The zero-order chi connectivity index (χ0) is 18.6. The molecule has 2 aromatic carbocycles. The van der Waals surface area contributed by atoms with Gasteiger partial charge in [0.25, 0.3) is 5.91 Å². The smallest absolute Gasteiger partial charge is 0.340 e. The number of nitrogens with zero attached hydrogens (tertiary/aromatic N) is 1. The number of nitriles is 1. The number of para-hydroxylation sites is 1. The van der Waals surface area contributed by atoms with Gasteiger partial charge in [-0.05, 0) is 31.2 Å². The van der Waals surface area contributed by atoms with Gasteiger partial charge in [0.15, 0.2) is 6.10 Å². The van der Waals surface area contributed by atoms with E-state index in [-0.39, 0.29) is 26.9 Å². The third kappa shape index (κ3) is 4.47. The first kappa shape index (κ1) is 18.7. The lowest BCUT2D eigenvalue weighted by molar-refractivity contribution is -0.123. The van der Waals surface area contributed by atoms with Gasteiger partial charge < -0.3 is 10.1 Å². The van der Waals surface area contributed by atoms with Gasteiger partial charge in [-0.2, -0.15) is 5.26 Å². The van der Waals surface area contributed by atoms with Gasteiger partial charge in [-0.3, -0.25) is 4.79 Å². The second-order valence-corrected chi connectivity index (χ2v) is 5.75. The molecule has 0 fully saturated rings. The first-order chi connectivity index (χ1) is 11.8. The molecule has 8 heteroatoms. The van der Waals surface area contributed by atoms with Gasteiger partial charge in [0, 0.05) is 0 Å². The Labute approximate surface area is 152 Å². The van der Waals surface area contributed by atoms with Crippen LogP contribution in [0.2, 0.25) is 10.0 Å². The van der Waals surface area contributed by atoms with Crippen molar-refractivity contribution in [2.75, 3.05) is 5.32 Å². The van der Waals surface area contributed by atoms with E-state index in [0.29, 0.717) is 0 Å². The highest BCUT2D eigenvalue weighted by Gasteiger charge is 2.22. The fraction of sp³-hybridized carbons (Fsp3) is 0.118. The Kier molecular flexibility index (Phi) is 5.97. The maximum absolute atomic E-state index is 13.5. The number of rotatable bonds is 4. The number of ether oxygens (including phenoxy) is 1. The molecule has 1 N–H and O–H groups in total. The zero-order valence-corrected chi connectivity index (χ0v) is 14.4. The minimum atomic E-state index is -1.20. The van der Waals surface area contributed by atoms with Crippen molar-refractivity contribution in [3.63, 3.8) is 0 Å². The van der Waals surface area contributed by atoms with Crippen LogP contribution < -0.4 is 5.32 Å². The van der Waals surface area contributed by atoms with Crippen LogP contribution in [0.4, 0.5) is 10.1 Å². The lowest BCUT2D eigenvalue weighted by atomic mass is 10.2. The summed E-state index contributed by atoms with van der Waals surface area (Å²) in [6.07, 6.45) is -1.20. The molecule has 1 amide bonds. The summed E-state index contributed by atoms with van der Waals surface area (Å²) < 4.78 is 18.5. The van der Waals surface area contributed by atoms with Crippen molar-refractivity contribution in [1.82, 2.24) is 0 Å². The summed E-state index contributed by atoms with van der Waals surface area (Å²) in [5.41, 5.74) is 0.298. The van der Waals surface area contributed by atoms with Crippen molar-refractivity contribution in [1.29, 1.82) is 5.26 Å². The molecule has 0 aliphatic rings. The van der Waals surface area contributed by atoms with Crippen molar-refractivity contribution in [3.05, 3.63) is 63.4 Å². The van der Waals surface area contributed by atoms with Crippen LogP contribution in [0.1, 0.15) is 22.8 Å². The summed E-state index contributed by atoms with van der Waals surface area (Å²) in [4.78, 5) is 24.2. The maximum atomic E-state index is 13.5. The molecule has 0 unspecified atom stereocenters. The fourth-order valence-corrected chi connectivity index (χ4v) is 2.34. The van der Waals surface area contributed by atoms with Gasteiger partial charge in [-0.1, -0.05) is 35.3 Å². The van der Waals surface area contributed by atoms with Crippen LogP contribution in [0, 0.1) is 17.1 Å². The lowest BCUT2D eigenvalue weighted by Crippen LogP contribution is -2.30. The van der Waals surface area contributed by atoms with E-state index in [2.05, 4.69) is 5.32 Å². The Morgan fingerprint density at radius 2 is 1.92 bits per heavy atom. The van der Waals surface area contributed by atoms with Crippen LogP contribution in [0.15, 0.2) is 36.4 Å². The van der Waals surface area contributed by atoms with Crippen LogP contribution >= 0.6 is 23.2 Å². The summed E-state index contributed by atoms with van der Waals surface area (Å²) in [5, 5.41) is 11.1. The number of hydrogen-bond acceptors (Lipinski definition) is 4. The van der Waals surface area contributed by atoms with Crippen LogP contribution in [0.25, 0.3) is 0 Å². The topological polar surface area (TPSA) is 79.2 Å². The third-order valence-corrected chi connectivity index (χ3v) is 3.79. The average Bonchev–Trinajstić information content (AvgIpc) is 2.58. The molecule has 5 nitrogen and oxygen atoms in total. The highest BCUT2D eigenvalue weighted by atomic mass is 35.5. The number of halogens is 3. The van der Waals surface area contributed by atoms with Gasteiger partial charge in [-0.15, -0.1) is 0 Å². The van der Waals surface area contributed by atoms with Gasteiger partial charge in [0.05, 0.1) is 26.9 Å². The van der Waals surface area contributed by atoms with Crippen molar-refractivity contribution in [3.8, 4) is 6.07 Å². The van der Waals surface area contributed by atoms with E-state index in [9.17, 15) is 14.0 Å². The molecule has 0 saturated carbocycles. The molecule has 0 saturated heterocycles. The standard InChI is InChI=1S/C17H11Cl2FN2O3/c1-9(16(23)22-15-5-3-2-4-10(15)8-21)25-17(24)11-6-14(20)13(19)7-12(11)18/h2-7,9H,1H3,(H,22,23)/t9-/m0/s1. The summed E-state index contributed by atoms with van der Waals surface area (Å²) in [6, 6.07) is 10.2. The van der Waals surface area contributed by atoms with Crippen LogP contribution in [0.5, 0.6) is 0 Å². The molecular formula is C17H11Cl2FN2O3. The van der Waals surface area contributed by atoms with Crippen LogP contribution in [-0.2, 0) is 9.53 Å². The Morgan fingerprint density at radius 3 is 2.60 bits per heavy atom. The van der Waals surface area contributed by atoms with Crippen molar-refractivity contribution in [2.45, 2.75) is 13.0 Å². The van der Waals surface area contributed by atoms with E-state index < -0.39 is 23.8 Å². The second-order valence-electron chi connectivity index (χ2n) is 4.94. The Morgan fingerprint density at radius 1 is 1.24 bits per heavy atom. The average molecular weight is 381 g/mol. The number of hydrogen-bond donors (Lipinski definition) is 1. The minimum Gasteiger partial charge on any atom is -0.449 e. The summed E-state index contributed by atoms with van der Waals surface area (Å²) in [5.74, 6) is -2.46. The van der Waals surface area contributed by atoms with Crippen LogP contribution in [-0.4, -0.2) is 18.0 Å². The molecule has 1 atom stereocenters. The highest BCUT2D eigenvalue weighted by molar-refractivity contribution is 6.36. The molecule has 0 aliphatic carbocycles. The van der Waals surface area contributed by atoms with E-state index in [1.54, 1.807) is 12.1 Å². The van der Waals surface area contributed by atoms with Gasteiger partial charge in [-0.25, -0.2) is 9.18 Å². The molecule has 0 radical (unpaired) electrons. The number of anilines is 1. The molecule has 0 heterocycles. The Hall–Kier alpha value is -2.62. The van der Waals surface area contributed by atoms with E-state index in [1.807, 2.05) is 6.07 Å². The van der Waals surface area contributed by atoms with Gasteiger partial charge in [0.1, 0.15) is 11.9 Å². The summed E-state index contributed by atoms with van der Waals surface area (Å²) in [6.45, 7) is 1.34. The Balaban J connectivity index is 2.10. The first-order valence-corrected chi connectivity index (χ1v) is 7.74. The van der Waals surface area contributed by atoms with E-state index >= 15 is 0 Å². The fourth-order valence-electron chi connectivity index (χ4n) is 1.88. The van der Waals surface area contributed by atoms with Gasteiger partial charge >= 0.3 is 5.97 Å². The van der Waals surface area contributed by atoms with Crippen LogP contribution in [0.3, 0.4) is 0 Å². The number of esters is 1. The largest absolute Gasteiger partial charge is 0.449 e. The molecule has 25 heavy (non-hydrogen) atoms.